The number of likely N-dealkylation sites (N-methyl/N-ethyl adjacent to an activating group) is 1. The van der Waals surface area contributed by atoms with Crippen LogP contribution in [0.5, 0.6) is 0 Å². The number of carbonyl (C=O) groups excluding carboxylic acids is 2. The first kappa shape index (κ1) is 21.3. The van der Waals surface area contributed by atoms with Gasteiger partial charge in [-0.3, -0.25) is 24.6 Å². The van der Waals surface area contributed by atoms with E-state index in [0.29, 0.717) is 33.9 Å². The first-order valence-corrected chi connectivity index (χ1v) is 10.9. The minimum Gasteiger partial charge on any atom is -0.324 e. The maximum atomic E-state index is 14.0. The lowest BCUT2D eigenvalue weighted by molar-refractivity contribution is -0.384. The van der Waals surface area contributed by atoms with Crippen LogP contribution in [0.4, 0.5) is 11.4 Å². The molecule has 1 saturated heterocycles. The molecule has 0 saturated carbocycles. The highest BCUT2D eigenvalue weighted by Crippen LogP contribution is 2.56. The number of nitrogens with zero attached hydrogens (tertiary/aromatic N) is 2. The Kier molecular flexibility index (Phi) is 5.03. The number of Topliss-reactive ketones (excluding diaryl/α,β-unsaturated/α-hetero) is 1. The number of ketones is 1. The first-order valence-electron chi connectivity index (χ1n) is 10.5. The predicted octanol–water partition coefficient (Wildman–Crippen LogP) is 4.62. The van der Waals surface area contributed by atoms with Crippen molar-refractivity contribution in [3.63, 3.8) is 0 Å². The predicted molar refractivity (Wildman–Crippen MR) is 124 cm³/mol. The zero-order valence-electron chi connectivity index (χ0n) is 17.7. The van der Waals surface area contributed by atoms with Crippen LogP contribution in [-0.2, 0) is 10.3 Å². The van der Waals surface area contributed by atoms with E-state index in [-0.39, 0.29) is 17.4 Å². The molecule has 1 N–H and O–H groups in total. The van der Waals surface area contributed by atoms with E-state index in [2.05, 4.69) is 5.32 Å². The van der Waals surface area contributed by atoms with E-state index in [1.807, 2.05) is 11.0 Å². The fraction of sp³-hybridized carbons (Fsp3) is 0.200. The number of benzene rings is 3. The van der Waals surface area contributed by atoms with Gasteiger partial charge in [-0.1, -0.05) is 54.1 Å². The van der Waals surface area contributed by atoms with Crippen LogP contribution in [0.3, 0.4) is 0 Å². The van der Waals surface area contributed by atoms with Crippen molar-refractivity contribution in [1.29, 1.82) is 0 Å². The minimum absolute atomic E-state index is 0.0543. The molecule has 0 aliphatic carbocycles. The summed E-state index contributed by atoms with van der Waals surface area (Å²) in [4.78, 5) is 40.5. The number of anilines is 1. The summed E-state index contributed by atoms with van der Waals surface area (Å²) in [6, 6.07) is 20.3. The molecule has 1 fully saturated rings. The van der Waals surface area contributed by atoms with Gasteiger partial charge in [0, 0.05) is 46.4 Å². The third-order valence-corrected chi connectivity index (χ3v) is 7.00. The summed E-state index contributed by atoms with van der Waals surface area (Å²) in [7, 11) is 1.80. The molecule has 0 aromatic heterocycles. The van der Waals surface area contributed by atoms with Crippen molar-refractivity contribution in [3.8, 4) is 0 Å². The van der Waals surface area contributed by atoms with E-state index in [1.54, 1.807) is 61.6 Å². The van der Waals surface area contributed by atoms with E-state index >= 15 is 0 Å². The van der Waals surface area contributed by atoms with Crippen LogP contribution < -0.4 is 5.32 Å². The minimum atomic E-state index is -1.29. The molecule has 33 heavy (non-hydrogen) atoms. The summed E-state index contributed by atoms with van der Waals surface area (Å²) in [5.41, 5.74) is 1.04. The summed E-state index contributed by atoms with van der Waals surface area (Å²) in [5.74, 6) is -1.76. The number of hydrogen-bond donors (Lipinski definition) is 1. The van der Waals surface area contributed by atoms with Gasteiger partial charge in [-0.15, -0.1) is 0 Å². The van der Waals surface area contributed by atoms with Crippen LogP contribution in [0, 0.1) is 16.0 Å². The molecular weight excluding hydrogens is 442 g/mol. The van der Waals surface area contributed by atoms with Crippen molar-refractivity contribution < 1.29 is 14.5 Å². The summed E-state index contributed by atoms with van der Waals surface area (Å²) in [6.45, 7) is 0.365. The molecule has 8 heteroatoms. The van der Waals surface area contributed by atoms with Gasteiger partial charge in [0.05, 0.1) is 10.8 Å². The van der Waals surface area contributed by atoms with Gasteiger partial charge in [-0.05, 0) is 30.8 Å². The normalized spacial score (nSPS) is 24.0. The Morgan fingerprint density at radius 3 is 2.61 bits per heavy atom. The van der Waals surface area contributed by atoms with Crippen LogP contribution in [0.25, 0.3) is 0 Å². The highest BCUT2D eigenvalue weighted by Gasteiger charge is 2.64. The van der Waals surface area contributed by atoms with Crippen molar-refractivity contribution in [2.24, 2.45) is 5.92 Å². The van der Waals surface area contributed by atoms with Crippen molar-refractivity contribution in [2.45, 2.75) is 11.5 Å². The molecule has 2 aliphatic heterocycles. The highest BCUT2D eigenvalue weighted by molar-refractivity contribution is 6.31. The first-order chi connectivity index (χ1) is 15.8. The molecule has 2 heterocycles. The van der Waals surface area contributed by atoms with Crippen molar-refractivity contribution in [3.05, 3.63) is 105 Å². The Morgan fingerprint density at radius 1 is 1.12 bits per heavy atom. The fourth-order valence-electron chi connectivity index (χ4n) is 5.36. The van der Waals surface area contributed by atoms with Crippen LogP contribution in [0.15, 0.2) is 72.8 Å². The summed E-state index contributed by atoms with van der Waals surface area (Å²) in [5, 5.41) is 14.8. The molecule has 0 bridgehead atoms. The highest BCUT2D eigenvalue weighted by atomic mass is 35.5. The smallest absolute Gasteiger partial charge is 0.269 e. The Labute approximate surface area is 195 Å². The molecular formula is C25H20ClN3O4. The van der Waals surface area contributed by atoms with E-state index < -0.39 is 22.3 Å². The molecule has 2 aliphatic rings. The number of carbonyl (C=O) groups is 2. The van der Waals surface area contributed by atoms with Crippen molar-refractivity contribution >= 4 is 34.7 Å². The molecule has 166 valence electrons. The molecule has 1 spiro atoms. The summed E-state index contributed by atoms with van der Waals surface area (Å²) < 4.78 is 0. The van der Waals surface area contributed by atoms with Gasteiger partial charge in [0.2, 0.25) is 5.91 Å². The van der Waals surface area contributed by atoms with Gasteiger partial charge in [-0.25, -0.2) is 0 Å². The van der Waals surface area contributed by atoms with Crippen LogP contribution in [-0.4, -0.2) is 35.1 Å². The molecule has 3 aromatic carbocycles. The average Bonchev–Trinajstić information content (AvgIpc) is 3.29. The quantitative estimate of drug-likeness (QED) is 0.347. The van der Waals surface area contributed by atoms with E-state index in [0.717, 1.165) is 0 Å². The van der Waals surface area contributed by atoms with Crippen LogP contribution in [0.1, 0.15) is 27.4 Å². The molecule has 0 radical (unpaired) electrons. The number of nitro groups is 1. The monoisotopic (exact) mass is 461 g/mol. The third kappa shape index (κ3) is 3.15. The van der Waals surface area contributed by atoms with Gasteiger partial charge < -0.3 is 5.32 Å². The maximum absolute atomic E-state index is 14.0. The lowest BCUT2D eigenvalue weighted by atomic mass is 9.70. The molecule has 7 nitrogen and oxygen atoms in total. The number of non-ortho nitro benzene ring substituents is 1. The lowest BCUT2D eigenvalue weighted by Crippen LogP contribution is -2.51. The zero-order valence-corrected chi connectivity index (χ0v) is 18.5. The standard InChI is InChI=1S/C25H20ClN3O4/c1-28-14-19(16-8-5-9-18(12-16)29(32)33)22(23(30)15-6-3-2-4-7-15)25(28)20-13-17(26)10-11-21(20)27-24(25)31/h2-13,19,22H,14H2,1H3,(H,27,31). The summed E-state index contributed by atoms with van der Waals surface area (Å²) >= 11 is 6.32. The van der Waals surface area contributed by atoms with Gasteiger partial charge in [0.25, 0.3) is 5.69 Å². The average molecular weight is 462 g/mol. The van der Waals surface area contributed by atoms with Gasteiger partial charge >= 0.3 is 0 Å². The number of amides is 1. The van der Waals surface area contributed by atoms with E-state index in [9.17, 15) is 19.7 Å². The molecule has 5 rings (SSSR count). The number of nitro benzene ring substituents is 1. The Hall–Kier alpha value is -3.55. The van der Waals surface area contributed by atoms with Crippen molar-refractivity contribution in [1.82, 2.24) is 4.90 Å². The summed E-state index contributed by atoms with van der Waals surface area (Å²) in [6.07, 6.45) is 0. The van der Waals surface area contributed by atoms with E-state index in [4.69, 9.17) is 11.6 Å². The zero-order chi connectivity index (χ0) is 23.3. The largest absolute Gasteiger partial charge is 0.324 e. The number of hydrogen-bond acceptors (Lipinski definition) is 5. The number of nitrogens with one attached hydrogen (secondary N) is 1. The van der Waals surface area contributed by atoms with Crippen LogP contribution in [0.2, 0.25) is 5.02 Å². The number of likely N-dealkylation sites (tertiary alicyclic amines) is 1. The molecule has 3 atom stereocenters. The van der Waals surface area contributed by atoms with Crippen LogP contribution >= 0.6 is 11.6 Å². The Morgan fingerprint density at radius 2 is 1.88 bits per heavy atom. The van der Waals surface area contributed by atoms with Gasteiger partial charge in [0.15, 0.2) is 5.78 Å². The molecule has 3 unspecified atom stereocenters. The second-order valence-electron chi connectivity index (χ2n) is 8.46. The fourth-order valence-corrected chi connectivity index (χ4v) is 5.53. The van der Waals surface area contributed by atoms with E-state index in [1.165, 1.54) is 12.1 Å². The van der Waals surface area contributed by atoms with Crippen molar-refractivity contribution in [2.75, 3.05) is 18.9 Å². The topological polar surface area (TPSA) is 92.5 Å². The second kappa shape index (κ2) is 7.79. The van der Waals surface area contributed by atoms with Gasteiger partial charge in [0.1, 0.15) is 5.54 Å². The number of fused-ring (bicyclic) bond motifs is 2. The number of rotatable bonds is 4. The lowest BCUT2D eigenvalue weighted by Gasteiger charge is -2.35. The maximum Gasteiger partial charge on any atom is 0.269 e. The Bertz CT molecular complexity index is 1300. The molecule has 3 aromatic rings. The third-order valence-electron chi connectivity index (χ3n) is 6.76. The Balaban J connectivity index is 1.74. The SMILES string of the molecule is CN1CC(c2cccc([N+](=O)[O-])c2)C(C(=O)c2ccccc2)C12C(=O)Nc1ccc(Cl)cc12. The molecule has 1 amide bonds. The second-order valence-corrected chi connectivity index (χ2v) is 8.89. The van der Waals surface area contributed by atoms with Gasteiger partial charge in [-0.2, -0.15) is 0 Å². The number of halogens is 1.